The van der Waals surface area contributed by atoms with Gasteiger partial charge in [0.25, 0.3) is 0 Å². The van der Waals surface area contributed by atoms with Gasteiger partial charge in [0, 0.05) is 11.6 Å². The zero-order valence-electron chi connectivity index (χ0n) is 16.1. The van der Waals surface area contributed by atoms with Gasteiger partial charge in [-0.15, -0.1) is 5.10 Å². The van der Waals surface area contributed by atoms with Gasteiger partial charge in [-0.3, -0.25) is 4.79 Å². The number of benzene rings is 2. The van der Waals surface area contributed by atoms with Crippen molar-refractivity contribution in [3.05, 3.63) is 66.0 Å². The van der Waals surface area contributed by atoms with Crippen molar-refractivity contribution in [2.75, 3.05) is 5.32 Å². The lowest BCUT2D eigenvalue weighted by molar-refractivity contribution is -0.115. The monoisotopic (exact) mass is 392 g/mol. The minimum absolute atomic E-state index is 0.0433. The number of carbonyl (C=O) groups is 1. The number of thioether (sulfide) groups is 1. The molecule has 0 bridgehead atoms. The summed E-state index contributed by atoms with van der Waals surface area (Å²) < 4.78 is 1.92. The molecule has 1 heterocycles. The van der Waals surface area contributed by atoms with E-state index in [1.807, 2.05) is 66.2 Å². The molecule has 144 valence electrons. The lowest BCUT2D eigenvalue weighted by atomic mass is 10.1. The third-order valence-electron chi connectivity index (χ3n) is 4.84. The number of hydrogen-bond acceptors (Lipinski definition) is 4. The van der Waals surface area contributed by atoms with E-state index in [-0.39, 0.29) is 11.2 Å². The van der Waals surface area contributed by atoms with Gasteiger partial charge in [-0.2, -0.15) is 0 Å². The van der Waals surface area contributed by atoms with E-state index in [2.05, 4.69) is 17.3 Å². The molecule has 1 unspecified atom stereocenters. The van der Waals surface area contributed by atoms with Crippen molar-refractivity contribution in [2.24, 2.45) is 0 Å². The van der Waals surface area contributed by atoms with Crippen LogP contribution >= 0.6 is 11.8 Å². The number of hydrogen-bond donors (Lipinski definition) is 1. The van der Waals surface area contributed by atoms with E-state index >= 15 is 0 Å². The molecule has 1 aliphatic rings. The Labute approximate surface area is 169 Å². The maximum absolute atomic E-state index is 12.6. The molecule has 2 aromatic carbocycles. The summed E-state index contributed by atoms with van der Waals surface area (Å²) in [6.07, 6.45) is 3.29. The maximum Gasteiger partial charge on any atom is 0.237 e. The molecule has 6 heteroatoms. The highest BCUT2D eigenvalue weighted by atomic mass is 32.2. The van der Waals surface area contributed by atoms with Crippen molar-refractivity contribution in [1.82, 2.24) is 14.8 Å². The number of nitrogens with one attached hydrogen (secondary N) is 1. The minimum atomic E-state index is -0.287. The molecule has 1 aromatic heterocycles. The quantitative estimate of drug-likeness (QED) is 0.585. The van der Waals surface area contributed by atoms with Crippen LogP contribution in [0.15, 0.2) is 59.8 Å². The van der Waals surface area contributed by atoms with Crippen LogP contribution in [-0.2, 0) is 11.2 Å². The second-order valence-electron chi connectivity index (χ2n) is 7.07. The summed E-state index contributed by atoms with van der Waals surface area (Å²) in [4.78, 5) is 17.3. The van der Waals surface area contributed by atoms with Gasteiger partial charge in [0.2, 0.25) is 11.1 Å². The number of carbonyl (C=O) groups excluding carboxylic acids is 1. The second kappa shape index (κ2) is 8.19. The fourth-order valence-electron chi connectivity index (χ4n) is 3.00. The van der Waals surface area contributed by atoms with E-state index in [9.17, 15) is 4.79 Å². The van der Waals surface area contributed by atoms with Crippen molar-refractivity contribution in [1.29, 1.82) is 0 Å². The average molecular weight is 393 g/mol. The van der Waals surface area contributed by atoms with Gasteiger partial charge in [0.05, 0.1) is 10.9 Å². The molecule has 28 heavy (non-hydrogen) atoms. The molecule has 5 nitrogen and oxygen atoms in total. The number of nitrogens with zero attached hydrogens (tertiary/aromatic N) is 3. The van der Waals surface area contributed by atoms with Crippen LogP contribution in [0.1, 0.15) is 44.0 Å². The van der Waals surface area contributed by atoms with Crippen molar-refractivity contribution >= 4 is 23.4 Å². The SMILES string of the molecule is CCc1ccc(NC(=O)C(C)Sc2nc(C3CC3)n(-c3ccccc3)n2)cc1. The summed E-state index contributed by atoms with van der Waals surface area (Å²) in [6, 6.07) is 18.0. The molecule has 1 atom stereocenters. The standard InChI is InChI=1S/C22H24N4OS/c1-3-16-9-13-18(14-10-16)23-21(27)15(2)28-22-24-20(17-11-12-17)26(25-22)19-7-5-4-6-8-19/h4-10,13-15,17H,3,11-12H2,1-2H3,(H,23,27). The Morgan fingerprint density at radius 1 is 1.18 bits per heavy atom. The lowest BCUT2D eigenvalue weighted by Gasteiger charge is -2.10. The van der Waals surface area contributed by atoms with Crippen molar-refractivity contribution in [3.63, 3.8) is 0 Å². The molecular formula is C22H24N4OS. The van der Waals surface area contributed by atoms with Gasteiger partial charge in [-0.05, 0) is 56.0 Å². The summed E-state index contributed by atoms with van der Waals surface area (Å²) >= 11 is 1.40. The van der Waals surface area contributed by atoms with E-state index in [0.29, 0.717) is 11.1 Å². The van der Waals surface area contributed by atoms with Crippen LogP contribution in [0, 0.1) is 0 Å². The summed E-state index contributed by atoms with van der Waals surface area (Å²) in [7, 11) is 0. The van der Waals surface area contributed by atoms with E-state index in [1.165, 1.54) is 17.3 Å². The highest BCUT2D eigenvalue weighted by Crippen LogP contribution is 2.40. The van der Waals surface area contributed by atoms with Crippen LogP contribution in [0.4, 0.5) is 5.69 Å². The minimum Gasteiger partial charge on any atom is -0.325 e. The summed E-state index contributed by atoms with van der Waals surface area (Å²) in [5.74, 6) is 1.43. The average Bonchev–Trinajstić information content (AvgIpc) is 3.49. The number of amides is 1. The lowest BCUT2D eigenvalue weighted by Crippen LogP contribution is -2.22. The highest BCUT2D eigenvalue weighted by Gasteiger charge is 2.31. The van der Waals surface area contributed by atoms with Gasteiger partial charge in [-0.1, -0.05) is 49.0 Å². The molecule has 3 aromatic rings. The Hall–Kier alpha value is -2.60. The summed E-state index contributed by atoms with van der Waals surface area (Å²) in [6.45, 7) is 4.00. The van der Waals surface area contributed by atoms with Gasteiger partial charge < -0.3 is 5.32 Å². The highest BCUT2D eigenvalue weighted by molar-refractivity contribution is 8.00. The molecule has 0 radical (unpaired) electrons. The Balaban J connectivity index is 1.46. The topological polar surface area (TPSA) is 59.8 Å². The normalized spacial score (nSPS) is 14.6. The Kier molecular flexibility index (Phi) is 5.48. The first-order chi connectivity index (χ1) is 13.6. The Morgan fingerprint density at radius 3 is 2.54 bits per heavy atom. The first-order valence-electron chi connectivity index (χ1n) is 9.73. The predicted octanol–water partition coefficient (Wildman–Crippen LogP) is 4.83. The van der Waals surface area contributed by atoms with Crippen LogP contribution in [-0.4, -0.2) is 25.9 Å². The Morgan fingerprint density at radius 2 is 1.89 bits per heavy atom. The third-order valence-corrected chi connectivity index (χ3v) is 5.79. The number of rotatable bonds is 7. The van der Waals surface area contributed by atoms with Crippen LogP contribution < -0.4 is 5.32 Å². The molecular weight excluding hydrogens is 368 g/mol. The first kappa shape index (κ1) is 18.7. The van der Waals surface area contributed by atoms with Crippen molar-refractivity contribution in [2.45, 2.75) is 49.4 Å². The predicted molar refractivity (Wildman–Crippen MR) is 113 cm³/mol. The number of aromatic nitrogens is 3. The van der Waals surface area contributed by atoms with E-state index in [4.69, 9.17) is 4.98 Å². The van der Waals surface area contributed by atoms with Gasteiger partial charge in [-0.25, -0.2) is 9.67 Å². The fourth-order valence-corrected chi connectivity index (χ4v) is 3.76. The van der Waals surface area contributed by atoms with Crippen molar-refractivity contribution in [3.8, 4) is 5.69 Å². The largest absolute Gasteiger partial charge is 0.325 e. The zero-order valence-corrected chi connectivity index (χ0v) is 16.9. The number of aryl methyl sites for hydroxylation is 1. The maximum atomic E-state index is 12.6. The van der Waals surface area contributed by atoms with E-state index in [1.54, 1.807) is 0 Å². The van der Waals surface area contributed by atoms with Gasteiger partial charge in [0.1, 0.15) is 5.82 Å². The first-order valence-corrected chi connectivity index (χ1v) is 10.6. The molecule has 1 fully saturated rings. The number of para-hydroxylation sites is 1. The second-order valence-corrected chi connectivity index (χ2v) is 8.38. The fraction of sp³-hybridized carbons (Fsp3) is 0.318. The third kappa shape index (κ3) is 4.28. The molecule has 1 aliphatic carbocycles. The smallest absolute Gasteiger partial charge is 0.237 e. The molecule has 1 saturated carbocycles. The zero-order chi connectivity index (χ0) is 19.5. The summed E-state index contributed by atoms with van der Waals surface area (Å²) in [5.41, 5.74) is 3.08. The molecule has 1 N–H and O–H groups in total. The molecule has 0 spiro atoms. The molecule has 4 rings (SSSR count). The van der Waals surface area contributed by atoms with Gasteiger partial charge in [0.15, 0.2) is 0 Å². The van der Waals surface area contributed by atoms with E-state index < -0.39 is 0 Å². The van der Waals surface area contributed by atoms with Gasteiger partial charge >= 0.3 is 0 Å². The molecule has 0 saturated heterocycles. The van der Waals surface area contributed by atoms with Crippen LogP contribution in [0.2, 0.25) is 0 Å². The summed E-state index contributed by atoms with van der Waals surface area (Å²) in [5, 5.41) is 8.02. The van der Waals surface area contributed by atoms with Crippen LogP contribution in [0.25, 0.3) is 5.69 Å². The molecule has 1 amide bonds. The van der Waals surface area contributed by atoms with Crippen molar-refractivity contribution < 1.29 is 4.79 Å². The van der Waals surface area contributed by atoms with Crippen LogP contribution in [0.3, 0.4) is 0 Å². The molecule has 0 aliphatic heterocycles. The van der Waals surface area contributed by atoms with Crippen LogP contribution in [0.5, 0.6) is 0 Å². The number of anilines is 1. The van der Waals surface area contributed by atoms with E-state index in [0.717, 1.165) is 36.5 Å². The Bertz CT molecular complexity index is 948.